The molecule has 0 heterocycles. The Labute approximate surface area is 87.2 Å². The summed E-state index contributed by atoms with van der Waals surface area (Å²) in [5, 5.41) is 0. The Hall–Kier alpha value is -0.613. The van der Waals surface area contributed by atoms with Crippen molar-refractivity contribution >= 4 is 14.3 Å². The van der Waals surface area contributed by atoms with Gasteiger partial charge < -0.3 is 9.16 Å². The van der Waals surface area contributed by atoms with Crippen molar-refractivity contribution in [2.75, 3.05) is 13.7 Å². The number of hydrogen-bond acceptors (Lipinski definition) is 3. The molecule has 0 aromatic heterocycles. The van der Waals surface area contributed by atoms with Gasteiger partial charge >= 0.3 is 5.97 Å². The van der Waals surface area contributed by atoms with E-state index >= 15 is 0 Å². The normalized spacial score (nSPS) is 11.1. The van der Waals surface area contributed by atoms with Gasteiger partial charge in [-0.2, -0.15) is 0 Å². The minimum absolute atomic E-state index is 0.321. The van der Waals surface area contributed by atoms with Crippen molar-refractivity contribution in [3.8, 4) is 0 Å². The first-order valence-corrected chi connectivity index (χ1v) is 8.17. The fourth-order valence-electron chi connectivity index (χ4n) is 0.910. The summed E-state index contributed by atoms with van der Waals surface area (Å²) in [6.07, 6.45) is 1.48. The minimum atomic E-state index is -1.41. The smallest absolute Gasteiger partial charge is 0.333 e. The molecule has 0 N–H and O–H groups in total. The molecule has 0 unspecified atom stereocenters. The van der Waals surface area contributed by atoms with Crippen LogP contribution in [0.5, 0.6) is 0 Å². The van der Waals surface area contributed by atoms with E-state index < -0.39 is 8.32 Å². The standard InChI is InChI=1S/C10H20O3Si/c1-9(10(11)12-2)7-6-8-13-14(3,4)5/h1,6-8H2,2-5H3. The van der Waals surface area contributed by atoms with Gasteiger partial charge in [0.2, 0.25) is 0 Å². The average Bonchev–Trinajstić information content (AvgIpc) is 2.09. The number of carbonyl (C=O) groups is 1. The summed E-state index contributed by atoms with van der Waals surface area (Å²) in [5.74, 6) is -0.321. The number of esters is 1. The average molecular weight is 216 g/mol. The molecule has 0 saturated heterocycles. The van der Waals surface area contributed by atoms with E-state index in [1.807, 2.05) is 0 Å². The molecule has 0 aliphatic carbocycles. The predicted molar refractivity (Wildman–Crippen MR) is 59.7 cm³/mol. The monoisotopic (exact) mass is 216 g/mol. The zero-order valence-electron chi connectivity index (χ0n) is 9.55. The number of carbonyl (C=O) groups excluding carboxylic acids is 1. The van der Waals surface area contributed by atoms with Crippen molar-refractivity contribution in [3.63, 3.8) is 0 Å². The Kier molecular flexibility index (Phi) is 5.72. The number of ether oxygens (including phenoxy) is 1. The van der Waals surface area contributed by atoms with Crippen LogP contribution in [0.4, 0.5) is 0 Å². The first-order valence-electron chi connectivity index (χ1n) is 4.77. The van der Waals surface area contributed by atoms with E-state index in [9.17, 15) is 4.79 Å². The van der Waals surface area contributed by atoms with Crippen LogP contribution in [0.1, 0.15) is 12.8 Å². The second-order valence-electron chi connectivity index (χ2n) is 4.16. The third-order valence-corrected chi connectivity index (χ3v) is 2.70. The first kappa shape index (κ1) is 13.4. The predicted octanol–water partition coefficient (Wildman–Crippen LogP) is 2.35. The third kappa shape index (κ3) is 6.86. The lowest BCUT2D eigenvalue weighted by atomic mass is 10.2. The van der Waals surface area contributed by atoms with Gasteiger partial charge in [0.05, 0.1) is 7.11 Å². The Bertz CT molecular complexity index is 206. The highest BCUT2D eigenvalue weighted by molar-refractivity contribution is 6.69. The zero-order chi connectivity index (χ0) is 11.2. The van der Waals surface area contributed by atoms with Gasteiger partial charge in [0.1, 0.15) is 0 Å². The molecule has 0 atom stereocenters. The van der Waals surface area contributed by atoms with Gasteiger partial charge in [0.25, 0.3) is 0 Å². The van der Waals surface area contributed by atoms with Crippen LogP contribution in [0.2, 0.25) is 19.6 Å². The van der Waals surface area contributed by atoms with Crippen molar-refractivity contribution in [2.24, 2.45) is 0 Å². The van der Waals surface area contributed by atoms with Crippen LogP contribution < -0.4 is 0 Å². The topological polar surface area (TPSA) is 35.5 Å². The largest absolute Gasteiger partial charge is 0.466 e. The molecule has 0 bridgehead atoms. The maximum atomic E-state index is 10.9. The van der Waals surface area contributed by atoms with Crippen molar-refractivity contribution in [1.29, 1.82) is 0 Å². The molecule has 3 nitrogen and oxygen atoms in total. The Morgan fingerprint density at radius 3 is 2.36 bits per heavy atom. The second kappa shape index (κ2) is 5.98. The van der Waals surface area contributed by atoms with Gasteiger partial charge in [-0.3, -0.25) is 0 Å². The van der Waals surface area contributed by atoms with E-state index in [1.165, 1.54) is 7.11 Å². The third-order valence-electron chi connectivity index (χ3n) is 1.63. The molecule has 4 heteroatoms. The van der Waals surface area contributed by atoms with E-state index in [2.05, 4.69) is 31.0 Å². The molecule has 0 amide bonds. The van der Waals surface area contributed by atoms with E-state index in [0.717, 1.165) is 6.42 Å². The van der Waals surface area contributed by atoms with Crippen LogP contribution in [0, 0.1) is 0 Å². The molecule has 0 aliphatic rings. The van der Waals surface area contributed by atoms with Crippen LogP contribution in [0.25, 0.3) is 0 Å². The summed E-state index contributed by atoms with van der Waals surface area (Å²) in [6.45, 7) is 10.8. The minimum Gasteiger partial charge on any atom is -0.466 e. The number of rotatable bonds is 6. The molecule has 0 saturated carbocycles. The summed E-state index contributed by atoms with van der Waals surface area (Å²) in [6, 6.07) is 0. The zero-order valence-corrected chi connectivity index (χ0v) is 10.6. The quantitative estimate of drug-likeness (QED) is 0.296. The molecule has 0 aromatic carbocycles. The first-order chi connectivity index (χ1) is 6.37. The van der Waals surface area contributed by atoms with E-state index in [1.54, 1.807) is 0 Å². The Balaban J connectivity index is 3.56. The summed E-state index contributed by atoms with van der Waals surface area (Å²) in [4.78, 5) is 10.9. The molecule has 0 aliphatic heterocycles. The lowest BCUT2D eigenvalue weighted by Crippen LogP contribution is -2.25. The fourth-order valence-corrected chi connectivity index (χ4v) is 1.67. The van der Waals surface area contributed by atoms with Crippen molar-refractivity contribution < 1.29 is 14.0 Å². The summed E-state index contributed by atoms with van der Waals surface area (Å²) in [5.41, 5.74) is 0.520. The van der Waals surface area contributed by atoms with E-state index in [0.29, 0.717) is 18.6 Å². The SMILES string of the molecule is C=C(CCCO[Si](C)(C)C)C(=O)OC. The van der Waals surface area contributed by atoms with E-state index in [-0.39, 0.29) is 5.97 Å². The molecule has 0 fully saturated rings. The van der Waals surface area contributed by atoms with Crippen LogP contribution in [-0.4, -0.2) is 28.0 Å². The molecular weight excluding hydrogens is 196 g/mol. The fraction of sp³-hybridized carbons (Fsp3) is 0.700. The van der Waals surface area contributed by atoms with Crippen molar-refractivity contribution in [1.82, 2.24) is 0 Å². The molecule has 0 aromatic rings. The molecule has 0 radical (unpaired) electrons. The van der Waals surface area contributed by atoms with Crippen LogP contribution in [-0.2, 0) is 14.0 Å². The maximum absolute atomic E-state index is 10.9. The molecular formula is C10H20O3Si. The highest BCUT2D eigenvalue weighted by Crippen LogP contribution is 2.08. The van der Waals surface area contributed by atoms with E-state index in [4.69, 9.17) is 4.43 Å². The summed E-state index contributed by atoms with van der Waals surface area (Å²) < 4.78 is 10.2. The van der Waals surface area contributed by atoms with Crippen molar-refractivity contribution in [2.45, 2.75) is 32.5 Å². The summed E-state index contributed by atoms with van der Waals surface area (Å²) in [7, 11) is -0.0434. The molecule has 14 heavy (non-hydrogen) atoms. The maximum Gasteiger partial charge on any atom is 0.333 e. The van der Waals surface area contributed by atoms with Gasteiger partial charge in [0, 0.05) is 12.2 Å². The Morgan fingerprint density at radius 2 is 1.93 bits per heavy atom. The highest BCUT2D eigenvalue weighted by Gasteiger charge is 2.13. The van der Waals surface area contributed by atoms with Gasteiger partial charge in [-0.1, -0.05) is 6.58 Å². The van der Waals surface area contributed by atoms with Gasteiger partial charge in [0.15, 0.2) is 8.32 Å². The van der Waals surface area contributed by atoms with Gasteiger partial charge in [-0.15, -0.1) is 0 Å². The molecule has 0 spiro atoms. The number of hydrogen-bond donors (Lipinski definition) is 0. The lowest BCUT2D eigenvalue weighted by Gasteiger charge is -2.16. The number of methoxy groups -OCH3 is 1. The van der Waals surface area contributed by atoms with Crippen LogP contribution >= 0.6 is 0 Å². The molecule has 82 valence electrons. The lowest BCUT2D eigenvalue weighted by molar-refractivity contribution is -0.136. The van der Waals surface area contributed by atoms with Gasteiger partial charge in [-0.25, -0.2) is 4.79 Å². The summed E-state index contributed by atoms with van der Waals surface area (Å²) >= 11 is 0. The second-order valence-corrected chi connectivity index (χ2v) is 8.67. The van der Waals surface area contributed by atoms with Crippen molar-refractivity contribution in [3.05, 3.63) is 12.2 Å². The van der Waals surface area contributed by atoms with Crippen LogP contribution in [0.3, 0.4) is 0 Å². The Morgan fingerprint density at radius 1 is 1.36 bits per heavy atom. The van der Waals surface area contributed by atoms with Gasteiger partial charge in [-0.05, 0) is 32.5 Å². The molecule has 0 rings (SSSR count). The van der Waals surface area contributed by atoms with Crippen LogP contribution in [0.15, 0.2) is 12.2 Å². The highest BCUT2D eigenvalue weighted by atomic mass is 28.4.